The summed E-state index contributed by atoms with van der Waals surface area (Å²) >= 11 is 0. The molecule has 0 amide bonds. The Balaban J connectivity index is 1.76. The number of hydrogen-bond donors (Lipinski definition) is 1. The zero-order valence-corrected chi connectivity index (χ0v) is 50.3. The predicted molar refractivity (Wildman–Crippen MR) is 331 cm³/mol. The Bertz CT molecular complexity index is 2870. The molecule has 0 spiro atoms. The average molecular weight is 1010 g/mol. The molecule has 0 bridgehead atoms. The van der Waals surface area contributed by atoms with Gasteiger partial charge in [-0.15, -0.1) is 6.58 Å². The highest BCUT2D eigenvalue weighted by atomic mass is 16.3. The Kier molecular flexibility index (Phi) is 17.6. The van der Waals surface area contributed by atoms with E-state index in [4.69, 9.17) is 4.42 Å². The minimum Gasteiger partial charge on any atom is -0.470 e. The molecule has 1 aliphatic heterocycles. The van der Waals surface area contributed by atoms with E-state index in [9.17, 15) is 0 Å². The predicted octanol–water partition coefficient (Wildman–Crippen LogP) is 18.7. The standard InChI is InChI=1S/C70H96BN3O/c1-23-27-29-53(24-2)73(55-33-31-48(5)32-34-55)50(7)43-62-61(47-72-41-35-57-56(26-4)67(15,16)37-38-68(57,17)18)71(64-45-52-44-58-59(46-63(52)75-64)70(21,22)40-39-69(58,19)20)60(42-49(6)66(12,13)14)51(8)74(62)54(25-3)30-28-36-65(9,10)11/h23-29,31-36,41-46,54,72H,2-4,30,37-40,47H2,1,5-22H3/b27-23+,36-28+,41-35+,49-42+,50-43+,53-29+. The first-order chi connectivity index (χ1) is 34.9. The lowest BCUT2D eigenvalue weighted by atomic mass is 9.35. The molecule has 2 aromatic carbocycles. The first-order valence-electron chi connectivity index (χ1n) is 28.0. The van der Waals surface area contributed by atoms with Gasteiger partial charge in [0, 0.05) is 40.4 Å². The molecule has 6 rings (SSSR count). The molecule has 5 heteroatoms. The highest BCUT2D eigenvalue weighted by molar-refractivity contribution is 6.86. The average Bonchev–Trinajstić information content (AvgIpc) is 3.74. The zero-order chi connectivity index (χ0) is 55.6. The van der Waals surface area contributed by atoms with Crippen molar-refractivity contribution >= 4 is 29.0 Å². The van der Waals surface area contributed by atoms with E-state index in [0.717, 1.165) is 71.5 Å². The van der Waals surface area contributed by atoms with Crippen molar-refractivity contribution in [3.05, 3.63) is 202 Å². The van der Waals surface area contributed by atoms with Crippen LogP contribution in [0.3, 0.4) is 0 Å². The maximum Gasteiger partial charge on any atom is 0.289 e. The minimum absolute atomic E-state index is 0.00504. The van der Waals surface area contributed by atoms with Gasteiger partial charge in [-0.1, -0.05) is 176 Å². The Morgan fingerprint density at radius 1 is 0.813 bits per heavy atom. The van der Waals surface area contributed by atoms with E-state index >= 15 is 0 Å². The summed E-state index contributed by atoms with van der Waals surface area (Å²) in [6, 6.07) is 15.9. The Morgan fingerprint density at radius 3 is 1.97 bits per heavy atom. The number of furan rings is 1. The van der Waals surface area contributed by atoms with Gasteiger partial charge in [-0.2, -0.15) is 0 Å². The van der Waals surface area contributed by atoms with Crippen LogP contribution in [0.5, 0.6) is 0 Å². The molecule has 1 atom stereocenters. The van der Waals surface area contributed by atoms with E-state index in [1.807, 2.05) is 6.08 Å². The number of aryl methyl sites for hydroxylation is 1. The Labute approximate surface area is 457 Å². The molecular weight excluding hydrogens is 910 g/mol. The molecule has 1 N–H and O–H groups in total. The SMILES string of the molecule is C=CC1=C(/C=C/NCC2=C(/C=C(\C)N(/C(C=C)=C/C=C/C)c3ccc(C)cc3)N(C(C=C)C/C=C/C(C)(C)C)C(C)=C(/C=C(\C)C(C)(C)C)B2c2cc3cc4c(cc3o2)C(C)(C)CCC4(C)C)C(C)(C)CCC1(C)C. The molecule has 400 valence electrons. The van der Waals surface area contributed by atoms with Crippen LogP contribution in [-0.4, -0.2) is 24.2 Å². The number of anilines is 1. The van der Waals surface area contributed by atoms with Gasteiger partial charge in [-0.3, -0.25) is 0 Å². The summed E-state index contributed by atoms with van der Waals surface area (Å²) in [6.07, 6.45) is 32.0. The summed E-state index contributed by atoms with van der Waals surface area (Å²) in [5.74, 6) is 0. The summed E-state index contributed by atoms with van der Waals surface area (Å²) in [4.78, 5) is 4.92. The van der Waals surface area contributed by atoms with Crippen LogP contribution in [0, 0.1) is 28.6 Å². The van der Waals surface area contributed by atoms with Gasteiger partial charge in [0.1, 0.15) is 5.58 Å². The van der Waals surface area contributed by atoms with E-state index < -0.39 is 0 Å². The summed E-state index contributed by atoms with van der Waals surface area (Å²) in [6.45, 7) is 57.6. The van der Waals surface area contributed by atoms with Crippen LogP contribution in [-0.2, 0) is 10.8 Å². The van der Waals surface area contributed by atoms with Crippen molar-refractivity contribution in [3.8, 4) is 0 Å². The van der Waals surface area contributed by atoms with Crippen molar-refractivity contribution in [1.29, 1.82) is 0 Å². The fourth-order valence-electron chi connectivity index (χ4n) is 11.5. The van der Waals surface area contributed by atoms with Crippen molar-refractivity contribution in [2.24, 2.45) is 21.7 Å². The Morgan fingerprint density at radius 2 is 1.41 bits per heavy atom. The van der Waals surface area contributed by atoms with Crippen LogP contribution in [0.4, 0.5) is 5.69 Å². The molecule has 3 aromatic rings. The lowest BCUT2D eigenvalue weighted by Crippen LogP contribution is -2.47. The monoisotopic (exact) mass is 1010 g/mol. The quantitative estimate of drug-likeness (QED) is 0.0830. The molecule has 2 aliphatic carbocycles. The summed E-state index contributed by atoms with van der Waals surface area (Å²) in [5, 5.41) is 5.12. The highest BCUT2D eigenvalue weighted by Crippen LogP contribution is 2.50. The maximum absolute atomic E-state index is 7.42. The number of nitrogens with one attached hydrogen (secondary N) is 1. The van der Waals surface area contributed by atoms with Crippen molar-refractivity contribution in [2.45, 2.75) is 181 Å². The molecule has 75 heavy (non-hydrogen) atoms. The molecule has 0 saturated heterocycles. The molecule has 1 aromatic heterocycles. The number of allylic oxidation sites excluding steroid dienone is 15. The number of hydrogen-bond acceptors (Lipinski definition) is 4. The number of rotatable bonds is 17. The van der Waals surface area contributed by atoms with Crippen LogP contribution < -0.4 is 15.9 Å². The van der Waals surface area contributed by atoms with E-state index in [-0.39, 0.29) is 45.2 Å². The van der Waals surface area contributed by atoms with E-state index in [1.165, 1.54) is 50.1 Å². The number of benzene rings is 2. The van der Waals surface area contributed by atoms with Crippen molar-refractivity contribution in [2.75, 3.05) is 11.4 Å². The van der Waals surface area contributed by atoms with Gasteiger partial charge in [0.05, 0.1) is 11.7 Å². The van der Waals surface area contributed by atoms with E-state index in [0.29, 0.717) is 6.54 Å². The van der Waals surface area contributed by atoms with Crippen LogP contribution in [0.25, 0.3) is 11.0 Å². The van der Waals surface area contributed by atoms with Gasteiger partial charge >= 0.3 is 0 Å². The molecular formula is C70H96BN3O. The second-order valence-electron chi connectivity index (χ2n) is 26.8. The second kappa shape index (κ2) is 22.5. The van der Waals surface area contributed by atoms with E-state index in [1.54, 1.807) is 0 Å². The van der Waals surface area contributed by atoms with Crippen LogP contribution in [0.15, 0.2) is 190 Å². The fourth-order valence-corrected chi connectivity index (χ4v) is 11.5. The molecule has 3 aliphatic rings. The van der Waals surface area contributed by atoms with Gasteiger partial charge in [0.15, 0.2) is 0 Å². The van der Waals surface area contributed by atoms with Crippen molar-refractivity contribution in [1.82, 2.24) is 10.2 Å². The van der Waals surface area contributed by atoms with Crippen LogP contribution >= 0.6 is 0 Å². The smallest absolute Gasteiger partial charge is 0.289 e. The largest absolute Gasteiger partial charge is 0.470 e. The zero-order valence-electron chi connectivity index (χ0n) is 50.3. The normalized spacial score (nSPS) is 20.0. The third-order valence-corrected chi connectivity index (χ3v) is 16.9. The van der Waals surface area contributed by atoms with Crippen molar-refractivity contribution < 1.29 is 4.42 Å². The summed E-state index contributed by atoms with van der Waals surface area (Å²) in [5.41, 5.74) is 17.9. The topological polar surface area (TPSA) is 31.6 Å². The summed E-state index contributed by atoms with van der Waals surface area (Å²) in [7, 11) is 0. The van der Waals surface area contributed by atoms with Gasteiger partial charge in [0.25, 0.3) is 6.71 Å². The highest BCUT2D eigenvalue weighted by Gasteiger charge is 2.42. The molecule has 0 fully saturated rings. The van der Waals surface area contributed by atoms with Gasteiger partial charge < -0.3 is 19.5 Å². The fraction of sp³-hybridized carbons (Fsp3) is 0.457. The number of fused-ring (bicyclic) bond motifs is 2. The third kappa shape index (κ3) is 13.0. The van der Waals surface area contributed by atoms with E-state index in [2.05, 4.69) is 276 Å². The first-order valence-corrected chi connectivity index (χ1v) is 28.0. The first kappa shape index (κ1) is 58.6. The van der Waals surface area contributed by atoms with Gasteiger partial charge in [0.2, 0.25) is 0 Å². The Hall–Kier alpha value is -5.68. The van der Waals surface area contributed by atoms with Gasteiger partial charge in [-0.25, -0.2) is 0 Å². The van der Waals surface area contributed by atoms with Crippen molar-refractivity contribution in [3.63, 3.8) is 0 Å². The summed E-state index contributed by atoms with van der Waals surface area (Å²) < 4.78 is 7.42. The molecule has 1 unspecified atom stereocenters. The third-order valence-electron chi connectivity index (χ3n) is 16.9. The number of nitrogens with zero attached hydrogens (tertiary/aromatic N) is 2. The lowest BCUT2D eigenvalue weighted by molar-refractivity contribution is 0.273. The molecule has 0 radical (unpaired) electrons. The second-order valence-corrected chi connectivity index (χ2v) is 26.8. The maximum atomic E-state index is 7.42. The van der Waals surface area contributed by atoms with Crippen LogP contribution in [0.1, 0.15) is 173 Å². The molecule has 0 saturated carbocycles. The van der Waals surface area contributed by atoms with Crippen LogP contribution in [0.2, 0.25) is 0 Å². The van der Waals surface area contributed by atoms with Gasteiger partial charge in [-0.05, 0) is 193 Å². The molecule has 4 nitrogen and oxygen atoms in total. The molecule has 2 heterocycles. The minimum atomic E-state index is -0.238. The lowest BCUT2D eigenvalue weighted by Gasteiger charge is -2.42.